The Bertz CT molecular complexity index is 1020. The van der Waals surface area contributed by atoms with Crippen LogP contribution in [0.3, 0.4) is 0 Å². The third-order valence-electron chi connectivity index (χ3n) is 5.67. The lowest BCUT2D eigenvalue weighted by molar-refractivity contribution is 0.489. The molecule has 0 aliphatic carbocycles. The summed E-state index contributed by atoms with van der Waals surface area (Å²) in [5, 5.41) is 6.34. The molecule has 0 saturated carbocycles. The Morgan fingerprint density at radius 1 is 1.04 bits per heavy atom. The Labute approximate surface area is 169 Å². The largest absolute Gasteiger partial charge is 0.311 e. The van der Waals surface area contributed by atoms with Crippen LogP contribution in [0.5, 0.6) is 0 Å². The number of hydrogen-bond donors (Lipinski definition) is 1. The molecule has 2 heterocycles. The molecule has 1 unspecified atom stereocenters. The van der Waals surface area contributed by atoms with E-state index in [0.717, 1.165) is 37.9 Å². The minimum Gasteiger partial charge on any atom is -0.311 e. The highest BCUT2D eigenvalue weighted by Crippen LogP contribution is 2.46. The highest BCUT2D eigenvalue weighted by atomic mass is 32.2. The van der Waals surface area contributed by atoms with Gasteiger partial charge in [-0.2, -0.15) is 0 Å². The lowest BCUT2D eigenvalue weighted by Gasteiger charge is -2.26. The number of halogens is 1. The van der Waals surface area contributed by atoms with Crippen molar-refractivity contribution < 1.29 is 4.39 Å². The van der Waals surface area contributed by atoms with Crippen LogP contribution in [-0.2, 0) is 0 Å². The molecule has 1 atom stereocenters. The van der Waals surface area contributed by atoms with Crippen LogP contribution < -0.4 is 9.62 Å². The Kier molecular flexibility index (Phi) is 4.83. The van der Waals surface area contributed by atoms with Gasteiger partial charge in [0, 0.05) is 29.4 Å². The van der Waals surface area contributed by atoms with Gasteiger partial charge in [0.05, 0.1) is 5.69 Å². The number of nitrogens with zero attached hydrogens (tertiary/aromatic N) is 1. The van der Waals surface area contributed by atoms with E-state index in [2.05, 4.69) is 52.1 Å². The maximum Gasteiger partial charge on any atom is 0.123 e. The zero-order valence-corrected chi connectivity index (χ0v) is 16.5. The molecule has 5 rings (SSSR count). The van der Waals surface area contributed by atoms with Gasteiger partial charge in [-0.15, -0.1) is 0 Å². The van der Waals surface area contributed by atoms with Gasteiger partial charge in [-0.3, -0.25) is 0 Å². The Morgan fingerprint density at radius 2 is 1.86 bits per heavy atom. The van der Waals surface area contributed by atoms with Crippen LogP contribution in [0.2, 0.25) is 0 Å². The molecule has 0 aromatic heterocycles. The first-order valence-electron chi connectivity index (χ1n) is 9.93. The van der Waals surface area contributed by atoms with Crippen LogP contribution in [0.1, 0.15) is 24.8 Å². The molecule has 2 nitrogen and oxygen atoms in total. The fourth-order valence-corrected chi connectivity index (χ4v) is 5.42. The second-order valence-corrected chi connectivity index (χ2v) is 8.58. The summed E-state index contributed by atoms with van der Waals surface area (Å²) < 4.78 is 15.6. The van der Waals surface area contributed by atoms with E-state index in [1.54, 1.807) is 12.1 Å². The summed E-state index contributed by atoms with van der Waals surface area (Å²) in [6.45, 7) is 1.94. The van der Waals surface area contributed by atoms with Crippen molar-refractivity contribution in [2.24, 2.45) is 0 Å². The Hall–Kier alpha value is -2.30. The number of benzene rings is 3. The monoisotopic (exact) mass is 390 g/mol. The third kappa shape index (κ3) is 3.43. The number of hydrogen-bond acceptors (Lipinski definition) is 3. The Balaban J connectivity index is 1.20. The number of nitrogens with one attached hydrogen (secondary N) is 1. The van der Waals surface area contributed by atoms with E-state index < -0.39 is 0 Å². The maximum absolute atomic E-state index is 13.2. The second kappa shape index (κ2) is 7.61. The molecular weight excluding hydrogens is 367 g/mol. The first-order chi connectivity index (χ1) is 13.8. The Morgan fingerprint density at radius 3 is 2.71 bits per heavy atom. The standard InChI is InChI=1S/C24H23FN2S/c25-20-11-9-17(10-12-20)19-13-14-26-21(16-19)6-3-15-27-22-7-1-4-18-5-2-8-23(28-27)24(18)22/h1-2,4-5,7-13,21,26H,3,6,14-16H2. The quantitative estimate of drug-likeness (QED) is 0.535. The molecule has 0 fully saturated rings. The number of anilines is 1. The van der Waals surface area contributed by atoms with Crippen molar-refractivity contribution >= 4 is 34.0 Å². The molecule has 3 aromatic carbocycles. The average Bonchev–Trinajstić information content (AvgIpc) is 3.09. The lowest BCUT2D eigenvalue weighted by atomic mass is 9.93. The average molecular weight is 391 g/mol. The minimum atomic E-state index is -0.172. The second-order valence-electron chi connectivity index (χ2n) is 7.51. The van der Waals surface area contributed by atoms with Crippen LogP contribution >= 0.6 is 11.9 Å². The molecule has 1 N–H and O–H groups in total. The van der Waals surface area contributed by atoms with Crippen molar-refractivity contribution in [2.75, 3.05) is 17.4 Å². The van der Waals surface area contributed by atoms with Crippen LogP contribution in [0.25, 0.3) is 16.3 Å². The van der Waals surface area contributed by atoms with Crippen molar-refractivity contribution in [1.29, 1.82) is 0 Å². The summed E-state index contributed by atoms with van der Waals surface area (Å²) in [4.78, 5) is 1.37. The van der Waals surface area contributed by atoms with Gasteiger partial charge in [-0.25, -0.2) is 4.39 Å². The zero-order valence-electron chi connectivity index (χ0n) is 15.7. The van der Waals surface area contributed by atoms with Crippen LogP contribution in [0.15, 0.2) is 71.6 Å². The summed E-state index contributed by atoms with van der Waals surface area (Å²) in [7, 11) is 0. The molecular formula is C24H23FN2S. The molecule has 2 aliphatic rings. The highest BCUT2D eigenvalue weighted by Gasteiger charge is 2.22. The van der Waals surface area contributed by atoms with Gasteiger partial charge in [0.2, 0.25) is 0 Å². The maximum atomic E-state index is 13.2. The molecule has 28 heavy (non-hydrogen) atoms. The molecule has 4 heteroatoms. The minimum absolute atomic E-state index is 0.172. The van der Waals surface area contributed by atoms with Gasteiger partial charge < -0.3 is 9.62 Å². The molecule has 142 valence electrons. The number of rotatable bonds is 5. The zero-order chi connectivity index (χ0) is 18.9. The molecule has 0 spiro atoms. The first kappa shape index (κ1) is 17.8. The predicted molar refractivity (Wildman–Crippen MR) is 117 cm³/mol. The lowest BCUT2D eigenvalue weighted by Crippen LogP contribution is -2.33. The molecule has 3 aromatic rings. The van der Waals surface area contributed by atoms with E-state index in [0.29, 0.717) is 6.04 Å². The van der Waals surface area contributed by atoms with Gasteiger partial charge in [-0.1, -0.05) is 42.5 Å². The third-order valence-corrected chi connectivity index (χ3v) is 6.81. The smallest absolute Gasteiger partial charge is 0.123 e. The predicted octanol–water partition coefficient (Wildman–Crippen LogP) is 6.03. The van der Waals surface area contributed by atoms with E-state index in [1.165, 1.54) is 26.9 Å². The van der Waals surface area contributed by atoms with Gasteiger partial charge in [-0.05, 0) is 72.0 Å². The molecule has 0 amide bonds. The van der Waals surface area contributed by atoms with Gasteiger partial charge in [0.1, 0.15) is 5.82 Å². The molecule has 0 saturated heterocycles. The first-order valence-corrected chi connectivity index (χ1v) is 10.7. The summed E-state index contributed by atoms with van der Waals surface area (Å²) in [6.07, 6.45) is 5.53. The normalized spacial score (nSPS) is 18.5. The van der Waals surface area contributed by atoms with E-state index in [1.807, 2.05) is 24.1 Å². The fraction of sp³-hybridized carbons (Fsp3) is 0.250. The van der Waals surface area contributed by atoms with Crippen molar-refractivity contribution in [3.63, 3.8) is 0 Å². The van der Waals surface area contributed by atoms with Crippen molar-refractivity contribution in [2.45, 2.75) is 30.2 Å². The molecule has 0 bridgehead atoms. The van der Waals surface area contributed by atoms with E-state index in [4.69, 9.17) is 0 Å². The van der Waals surface area contributed by atoms with Crippen LogP contribution in [-0.4, -0.2) is 19.1 Å². The van der Waals surface area contributed by atoms with E-state index >= 15 is 0 Å². The summed E-state index contributed by atoms with van der Waals surface area (Å²) >= 11 is 1.87. The fourth-order valence-electron chi connectivity index (χ4n) is 4.26. The molecule has 2 aliphatic heterocycles. The summed E-state index contributed by atoms with van der Waals surface area (Å²) in [5.41, 5.74) is 3.82. The molecule has 0 radical (unpaired) electrons. The van der Waals surface area contributed by atoms with Crippen LogP contribution in [0.4, 0.5) is 10.1 Å². The van der Waals surface area contributed by atoms with Crippen LogP contribution in [0, 0.1) is 5.82 Å². The topological polar surface area (TPSA) is 15.3 Å². The van der Waals surface area contributed by atoms with Gasteiger partial charge in [0.25, 0.3) is 0 Å². The van der Waals surface area contributed by atoms with Crippen molar-refractivity contribution in [3.05, 3.63) is 78.1 Å². The SMILES string of the molecule is Fc1ccc(C2=CCNC(CCCN3Sc4cccc5cccc3c45)C2)cc1. The van der Waals surface area contributed by atoms with E-state index in [-0.39, 0.29) is 5.82 Å². The van der Waals surface area contributed by atoms with Crippen molar-refractivity contribution in [1.82, 2.24) is 5.32 Å². The summed E-state index contributed by atoms with van der Waals surface area (Å²) in [6, 6.07) is 20.5. The van der Waals surface area contributed by atoms with Gasteiger partial charge in [0.15, 0.2) is 0 Å². The van der Waals surface area contributed by atoms with Gasteiger partial charge >= 0.3 is 0 Å². The van der Waals surface area contributed by atoms with Crippen molar-refractivity contribution in [3.8, 4) is 0 Å². The summed E-state index contributed by atoms with van der Waals surface area (Å²) in [5.74, 6) is -0.172. The highest BCUT2D eigenvalue weighted by molar-refractivity contribution is 8.01. The van der Waals surface area contributed by atoms with E-state index in [9.17, 15) is 4.39 Å².